The summed E-state index contributed by atoms with van der Waals surface area (Å²) in [6, 6.07) is 3.31. The van der Waals surface area contributed by atoms with E-state index in [9.17, 15) is 8.78 Å². The van der Waals surface area contributed by atoms with Crippen molar-refractivity contribution in [1.29, 1.82) is 0 Å². The van der Waals surface area contributed by atoms with Gasteiger partial charge >= 0.3 is 0 Å². The molecule has 0 radical (unpaired) electrons. The Balaban J connectivity index is 2.16. The Hall–Kier alpha value is -1.91. The van der Waals surface area contributed by atoms with Gasteiger partial charge in [0.15, 0.2) is 0 Å². The molecule has 0 amide bonds. The van der Waals surface area contributed by atoms with Crippen LogP contribution in [0.25, 0.3) is 11.3 Å². The molecule has 2 aromatic rings. The number of hydrogen-bond acceptors (Lipinski definition) is 2. The fraction of sp³-hybridized carbons (Fsp3) is 0.308. The van der Waals surface area contributed by atoms with Gasteiger partial charge in [0.25, 0.3) is 0 Å². The lowest BCUT2D eigenvalue weighted by Crippen LogP contribution is -2.00. The van der Waals surface area contributed by atoms with Crippen LogP contribution in [0, 0.1) is 11.6 Å². The number of benzene rings is 1. The highest BCUT2D eigenvalue weighted by molar-refractivity contribution is 5.71. The molecule has 1 heterocycles. The predicted octanol–water partition coefficient (Wildman–Crippen LogP) is 2.82. The quantitative estimate of drug-likeness (QED) is 0.889. The van der Waals surface area contributed by atoms with Crippen molar-refractivity contribution in [3.05, 3.63) is 35.7 Å². The van der Waals surface area contributed by atoms with E-state index in [2.05, 4.69) is 4.98 Å². The Morgan fingerprint density at radius 3 is 2.72 bits per heavy atom. The third kappa shape index (κ3) is 1.66. The summed E-state index contributed by atoms with van der Waals surface area (Å²) in [4.78, 5) is 4.37. The first-order chi connectivity index (χ1) is 8.58. The molecule has 5 heteroatoms. The highest BCUT2D eigenvalue weighted by Crippen LogP contribution is 2.42. The molecule has 3 nitrogen and oxygen atoms in total. The van der Waals surface area contributed by atoms with Crippen molar-refractivity contribution < 1.29 is 8.78 Å². The SMILES string of the molecule is Cn1c(C2CC2)nc(-c2cc(F)ccc2F)c1N. The van der Waals surface area contributed by atoms with Gasteiger partial charge in [0.2, 0.25) is 0 Å². The van der Waals surface area contributed by atoms with E-state index in [4.69, 9.17) is 5.73 Å². The summed E-state index contributed by atoms with van der Waals surface area (Å²) in [5.74, 6) is 0.628. The molecule has 94 valence electrons. The molecule has 1 aliphatic carbocycles. The van der Waals surface area contributed by atoms with Crippen molar-refractivity contribution in [3.63, 3.8) is 0 Å². The van der Waals surface area contributed by atoms with Crippen LogP contribution in [0.4, 0.5) is 14.6 Å². The zero-order valence-corrected chi connectivity index (χ0v) is 9.95. The smallest absolute Gasteiger partial charge is 0.132 e. The molecule has 0 bridgehead atoms. The lowest BCUT2D eigenvalue weighted by atomic mass is 10.1. The molecule has 1 aromatic carbocycles. The number of imidazole rings is 1. The van der Waals surface area contributed by atoms with Crippen LogP contribution in [-0.4, -0.2) is 9.55 Å². The van der Waals surface area contributed by atoms with E-state index in [-0.39, 0.29) is 5.56 Å². The van der Waals surface area contributed by atoms with Crippen LogP contribution in [0.15, 0.2) is 18.2 Å². The summed E-state index contributed by atoms with van der Waals surface area (Å²) in [6.07, 6.45) is 2.16. The maximum absolute atomic E-state index is 13.7. The fourth-order valence-electron chi connectivity index (χ4n) is 2.11. The molecule has 1 aliphatic rings. The number of nitrogens with two attached hydrogens (primary N) is 1. The van der Waals surface area contributed by atoms with Gasteiger partial charge in [0, 0.05) is 18.5 Å². The van der Waals surface area contributed by atoms with E-state index >= 15 is 0 Å². The molecule has 0 saturated heterocycles. The Labute approximate surface area is 103 Å². The Morgan fingerprint density at radius 1 is 1.33 bits per heavy atom. The molecule has 1 aromatic heterocycles. The first-order valence-corrected chi connectivity index (χ1v) is 5.85. The maximum Gasteiger partial charge on any atom is 0.132 e. The first kappa shape index (κ1) is 11.2. The van der Waals surface area contributed by atoms with Crippen molar-refractivity contribution in [2.24, 2.45) is 7.05 Å². The second-order valence-electron chi connectivity index (χ2n) is 4.66. The standard InChI is InChI=1S/C13H13F2N3/c1-18-12(16)11(17-13(18)7-2-3-7)9-6-8(14)4-5-10(9)15/h4-7H,2-3,16H2,1H3. The monoisotopic (exact) mass is 249 g/mol. The van der Waals surface area contributed by atoms with E-state index in [0.717, 1.165) is 36.9 Å². The minimum atomic E-state index is -0.511. The Bertz CT molecular complexity index is 615. The molecule has 3 rings (SSSR count). The number of nitrogen functional groups attached to an aromatic ring is 1. The van der Waals surface area contributed by atoms with Crippen LogP contribution >= 0.6 is 0 Å². The summed E-state index contributed by atoms with van der Waals surface area (Å²) in [5.41, 5.74) is 6.38. The highest BCUT2D eigenvalue weighted by atomic mass is 19.1. The van der Waals surface area contributed by atoms with E-state index in [1.54, 1.807) is 11.6 Å². The van der Waals surface area contributed by atoms with Gasteiger partial charge in [-0.15, -0.1) is 0 Å². The zero-order chi connectivity index (χ0) is 12.9. The number of aromatic nitrogens is 2. The van der Waals surface area contributed by atoms with Gasteiger partial charge in [-0.3, -0.25) is 0 Å². The van der Waals surface area contributed by atoms with Crippen LogP contribution in [0.3, 0.4) is 0 Å². The maximum atomic E-state index is 13.7. The summed E-state index contributed by atoms with van der Waals surface area (Å²) in [5, 5.41) is 0. The third-order valence-electron chi connectivity index (χ3n) is 3.30. The van der Waals surface area contributed by atoms with Crippen LogP contribution in [0.2, 0.25) is 0 Å². The second-order valence-corrected chi connectivity index (χ2v) is 4.66. The molecule has 0 aliphatic heterocycles. The molecule has 0 spiro atoms. The van der Waals surface area contributed by atoms with Gasteiger partial charge in [-0.1, -0.05) is 0 Å². The zero-order valence-electron chi connectivity index (χ0n) is 9.95. The minimum absolute atomic E-state index is 0.120. The van der Waals surface area contributed by atoms with Crippen molar-refractivity contribution in [1.82, 2.24) is 9.55 Å². The van der Waals surface area contributed by atoms with Gasteiger partial charge in [0.1, 0.15) is 29.0 Å². The van der Waals surface area contributed by atoms with Gasteiger partial charge in [-0.2, -0.15) is 0 Å². The third-order valence-corrected chi connectivity index (χ3v) is 3.30. The van der Waals surface area contributed by atoms with E-state index in [1.165, 1.54) is 0 Å². The van der Waals surface area contributed by atoms with Crippen LogP contribution in [-0.2, 0) is 7.05 Å². The number of hydrogen-bond donors (Lipinski definition) is 1. The van der Waals surface area contributed by atoms with E-state index in [1.807, 2.05) is 0 Å². The first-order valence-electron chi connectivity index (χ1n) is 5.85. The van der Waals surface area contributed by atoms with E-state index in [0.29, 0.717) is 17.4 Å². The lowest BCUT2D eigenvalue weighted by molar-refractivity contribution is 0.603. The van der Waals surface area contributed by atoms with Crippen molar-refractivity contribution in [3.8, 4) is 11.3 Å². The second kappa shape index (κ2) is 3.80. The van der Waals surface area contributed by atoms with Crippen molar-refractivity contribution in [2.45, 2.75) is 18.8 Å². The summed E-state index contributed by atoms with van der Waals surface area (Å²) < 4.78 is 28.7. The van der Waals surface area contributed by atoms with Crippen molar-refractivity contribution in [2.75, 3.05) is 5.73 Å². The topological polar surface area (TPSA) is 43.8 Å². The molecular formula is C13H13F2N3. The number of anilines is 1. The number of halogens is 2. The molecule has 0 atom stereocenters. The molecule has 1 saturated carbocycles. The Morgan fingerprint density at radius 2 is 2.06 bits per heavy atom. The molecular weight excluding hydrogens is 236 g/mol. The largest absolute Gasteiger partial charge is 0.383 e. The van der Waals surface area contributed by atoms with Crippen LogP contribution in [0.5, 0.6) is 0 Å². The summed E-state index contributed by atoms with van der Waals surface area (Å²) in [6.45, 7) is 0. The molecule has 0 unspecified atom stereocenters. The van der Waals surface area contributed by atoms with E-state index < -0.39 is 11.6 Å². The predicted molar refractivity (Wildman–Crippen MR) is 64.9 cm³/mol. The number of nitrogens with zero attached hydrogens (tertiary/aromatic N) is 2. The number of rotatable bonds is 2. The lowest BCUT2D eigenvalue weighted by Gasteiger charge is -2.02. The van der Waals surface area contributed by atoms with Gasteiger partial charge in [-0.25, -0.2) is 13.8 Å². The fourth-order valence-corrected chi connectivity index (χ4v) is 2.11. The van der Waals surface area contributed by atoms with Gasteiger partial charge in [-0.05, 0) is 31.0 Å². The summed E-state index contributed by atoms with van der Waals surface area (Å²) in [7, 11) is 1.80. The average Bonchev–Trinajstić information content (AvgIpc) is 3.13. The minimum Gasteiger partial charge on any atom is -0.383 e. The van der Waals surface area contributed by atoms with Crippen LogP contribution in [0.1, 0.15) is 24.6 Å². The normalized spacial score (nSPS) is 15.1. The Kier molecular flexibility index (Phi) is 2.36. The van der Waals surface area contributed by atoms with Crippen molar-refractivity contribution >= 4 is 5.82 Å². The summed E-state index contributed by atoms with van der Waals surface area (Å²) >= 11 is 0. The average molecular weight is 249 g/mol. The van der Waals surface area contributed by atoms with Crippen LogP contribution < -0.4 is 5.73 Å². The van der Waals surface area contributed by atoms with Gasteiger partial charge in [0.05, 0.1) is 0 Å². The highest BCUT2D eigenvalue weighted by Gasteiger charge is 2.30. The molecule has 18 heavy (non-hydrogen) atoms. The van der Waals surface area contributed by atoms with Gasteiger partial charge < -0.3 is 10.3 Å². The molecule has 2 N–H and O–H groups in total. The molecule has 1 fully saturated rings.